The average molecular weight is 194 g/mol. The molecule has 0 aromatic heterocycles. The maximum absolute atomic E-state index is 8.47. The molecule has 0 bridgehead atoms. The fraction of sp³-hybridized carbons (Fsp3) is 0.833. The molecule has 0 saturated heterocycles. The van der Waals surface area contributed by atoms with Crippen LogP contribution in [0.5, 0.6) is 0 Å². The summed E-state index contributed by atoms with van der Waals surface area (Å²) in [5.41, 5.74) is 0. The van der Waals surface area contributed by atoms with Crippen LogP contribution in [0.2, 0.25) is 0 Å². The largest absolute Gasteiger partial charge is 0.269 e. The molecule has 0 unspecified atom stereocenters. The van der Waals surface area contributed by atoms with E-state index < -0.39 is 4.45 Å². The number of hydrogen-bond donors (Lipinski definition) is 0. The summed E-state index contributed by atoms with van der Waals surface area (Å²) in [7, 11) is 7.32. The van der Waals surface area contributed by atoms with E-state index in [1.165, 1.54) is 0 Å². The summed E-state index contributed by atoms with van der Waals surface area (Å²) < 4.78 is -0.755. The van der Waals surface area contributed by atoms with E-state index in [1.807, 2.05) is 33.6 Å². The Morgan fingerprint density at radius 1 is 1.27 bits per heavy atom. The molecule has 0 aromatic rings. The van der Waals surface area contributed by atoms with Crippen LogP contribution in [0, 0.1) is 10.7 Å². The molecule has 0 radical (unpaired) electrons. The minimum Gasteiger partial charge on any atom is -0.269 e. The first-order valence-corrected chi connectivity index (χ1v) is 4.25. The fourth-order valence-electron chi connectivity index (χ4n) is 0.641. The van der Waals surface area contributed by atoms with Crippen molar-refractivity contribution >= 4 is 23.4 Å². The minimum atomic E-state index is -0.755. The molecule has 11 heavy (non-hydrogen) atoms. The van der Waals surface area contributed by atoms with Crippen LogP contribution < -0.4 is 0 Å². The third kappa shape index (κ3) is 2.53. The molecular weight excluding hydrogens is 182 g/mol. The summed E-state index contributed by atoms with van der Waals surface area (Å²) >= 11 is 7.12. The van der Waals surface area contributed by atoms with Gasteiger partial charge in [0, 0.05) is 11.8 Å². The number of thioether (sulfide) groups is 1. The van der Waals surface area contributed by atoms with Gasteiger partial charge in [-0.3, -0.25) is 9.80 Å². The van der Waals surface area contributed by atoms with Crippen molar-refractivity contribution in [2.45, 2.75) is 4.45 Å². The summed E-state index contributed by atoms with van der Waals surface area (Å²) in [6.07, 6.45) is 0. The van der Waals surface area contributed by atoms with Gasteiger partial charge in [0.05, 0.1) is 0 Å². The van der Waals surface area contributed by atoms with Gasteiger partial charge in [-0.05, 0) is 28.2 Å². The van der Waals surface area contributed by atoms with Crippen LogP contribution in [-0.4, -0.2) is 42.4 Å². The van der Waals surface area contributed by atoms with Crippen LogP contribution in [0.4, 0.5) is 0 Å². The third-order valence-electron chi connectivity index (χ3n) is 1.28. The van der Waals surface area contributed by atoms with Crippen molar-refractivity contribution in [2.24, 2.45) is 0 Å². The van der Waals surface area contributed by atoms with Crippen molar-refractivity contribution in [1.82, 2.24) is 9.80 Å². The molecule has 0 fully saturated rings. The highest BCUT2D eigenvalue weighted by Crippen LogP contribution is 2.32. The smallest absolute Gasteiger partial charge is 0.212 e. The monoisotopic (exact) mass is 193 g/mol. The zero-order valence-corrected chi connectivity index (χ0v) is 8.70. The van der Waals surface area contributed by atoms with Gasteiger partial charge < -0.3 is 0 Å². The summed E-state index contributed by atoms with van der Waals surface area (Å²) in [6, 6.07) is 0. The first-order chi connectivity index (χ1) is 4.95. The summed E-state index contributed by atoms with van der Waals surface area (Å²) in [6.45, 7) is 0. The molecule has 0 spiro atoms. The van der Waals surface area contributed by atoms with Gasteiger partial charge in [0.1, 0.15) is 5.40 Å². The van der Waals surface area contributed by atoms with Crippen molar-refractivity contribution in [3.05, 3.63) is 0 Å². The van der Waals surface area contributed by atoms with Gasteiger partial charge in [-0.1, -0.05) is 11.6 Å². The molecule has 0 aliphatic heterocycles. The van der Waals surface area contributed by atoms with Gasteiger partial charge in [-0.15, -0.1) is 0 Å². The molecule has 0 rings (SSSR count). The zero-order chi connectivity index (χ0) is 9.07. The summed E-state index contributed by atoms with van der Waals surface area (Å²) in [5.74, 6) is 0. The predicted molar refractivity (Wildman–Crippen MR) is 49.2 cm³/mol. The molecule has 0 saturated carbocycles. The Morgan fingerprint density at radius 2 is 1.64 bits per heavy atom. The number of hydrogen-bond acceptors (Lipinski definition) is 4. The molecule has 0 aromatic carbocycles. The second kappa shape index (κ2) is 4.17. The SMILES string of the molecule is CN(C)C(Cl)(SC#N)N(C)C. The van der Waals surface area contributed by atoms with E-state index in [1.54, 1.807) is 9.80 Å². The minimum absolute atomic E-state index is 0.755. The van der Waals surface area contributed by atoms with Crippen LogP contribution in [-0.2, 0) is 0 Å². The van der Waals surface area contributed by atoms with Gasteiger partial charge in [0.15, 0.2) is 0 Å². The van der Waals surface area contributed by atoms with Gasteiger partial charge >= 0.3 is 0 Å². The Labute approximate surface area is 76.9 Å². The highest BCUT2D eigenvalue weighted by atomic mass is 35.5. The lowest BCUT2D eigenvalue weighted by Crippen LogP contribution is -2.47. The highest BCUT2D eigenvalue weighted by Gasteiger charge is 2.33. The van der Waals surface area contributed by atoms with E-state index in [4.69, 9.17) is 16.9 Å². The third-order valence-corrected chi connectivity index (χ3v) is 3.27. The molecule has 64 valence electrons. The molecule has 0 N–H and O–H groups in total. The number of rotatable bonds is 3. The van der Waals surface area contributed by atoms with Crippen molar-refractivity contribution < 1.29 is 0 Å². The Balaban J connectivity index is 4.41. The number of nitriles is 1. The van der Waals surface area contributed by atoms with Crippen LogP contribution >= 0.6 is 23.4 Å². The lowest BCUT2D eigenvalue weighted by Gasteiger charge is -2.36. The van der Waals surface area contributed by atoms with Crippen LogP contribution in [0.3, 0.4) is 0 Å². The van der Waals surface area contributed by atoms with E-state index in [0.29, 0.717) is 0 Å². The van der Waals surface area contributed by atoms with Crippen molar-refractivity contribution in [3.8, 4) is 5.40 Å². The quantitative estimate of drug-likeness (QED) is 0.292. The summed E-state index contributed by atoms with van der Waals surface area (Å²) in [4.78, 5) is 3.56. The van der Waals surface area contributed by atoms with Gasteiger partial charge in [0.25, 0.3) is 0 Å². The van der Waals surface area contributed by atoms with Crippen molar-refractivity contribution in [3.63, 3.8) is 0 Å². The molecule has 0 aliphatic carbocycles. The maximum atomic E-state index is 8.47. The van der Waals surface area contributed by atoms with Crippen LogP contribution in [0.25, 0.3) is 0 Å². The highest BCUT2D eigenvalue weighted by molar-refractivity contribution is 8.06. The van der Waals surface area contributed by atoms with E-state index in [-0.39, 0.29) is 0 Å². The van der Waals surface area contributed by atoms with Crippen molar-refractivity contribution in [2.75, 3.05) is 28.2 Å². The van der Waals surface area contributed by atoms with E-state index >= 15 is 0 Å². The molecule has 5 heteroatoms. The predicted octanol–water partition coefficient (Wildman–Crippen LogP) is 1.17. The summed E-state index contributed by atoms with van der Waals surface area (Å²) in [5, 5.41) is 10.4. The lowest BCUT2D eigenvalue weighted by molar-refractivity contribution is 0.173. The molecule has 0 atom stereocenters. The topological polar surface area (TPSA) is 30.3 Å². The van der Waals surface area contributed by atoms with Gasteiger partial charge in [-0.25, -0.2) is 0 Å². The number of nitrogens with zero attached hydrogens (tertiary/aromatic N) is 3. The molecule has 0 heterocycles. The molecule has 3 nitrogen and oxygen atoms in total. The zero-order valence-electron chi connectivity index (χ0n) is 7.13. The number of halogens is 1. The first-order valence-electron chi connectivity index (χ1n) is 3.06. The standard InChI is InChI=1S/C6H12ClN3S/c1-9(2)6(7,10(3)4)11-5-8/h1-4H3. The van der Waals surface area contributed by atoms with E-state index in [2.05, 4.69) is 0 Å². The van der Waals surface area contributed by atoms with Gasteiger partial charge in [0.2, 0.25) is 4.45 Å². The lowest BCUT2D eigenvalue weighted by atomic mass is 10.7. The Kier molecular flexibility index (Phi) is 4.19. The fourth-order valence-corrected chi connectivity index (χ4v) is 1.23. The van der Waals surface area contributed by atoms with Crippen molar-refractivity contribution in [1.29, 1.82) is 5.26 Å². The average Bonchev–Trinajstić information content (AvgIpc) is 1.87. The maximum Gasteiger partial charge on any atom is 0.212 e. The second-order valence-corrected chi connectivity index (χ2v) is 4.22. The Morgan fingerprint density at radius 3 is 1.73 bits per heavy atom. The van der Waals surface area contributed by atoms with Crippen LogP contribution in [0.1, 0.15) is 0 Å². The Hall–Kier alpha value is 0.0500. The first kappa shape index (κ1) is 11.1. The van der Waals surface area contributed by atoms with E-state index in [0.717, 1.165) is 11.8 Å². The van der Waals surface area contributed by atoms with Crippen LogP contribution in [0.15, 0.2) is 0 Å². The molecule has 0 aliphatic rings. The molecule has 0 amide bonds. The normalized spacial score (nSPS) is 12.2. The Bertz CT molecular complexity index is 156. The number of alkyl halides is 1. The van der Waals surface area contributed by atoms with Gasteiger partial charge in [-0.2, -0.15) is 5.26 Å². The second-order valence-electron chi connectivity index (χ2n) is 2.51. The molecular formula is C6H12ClN3S. The number of thiocyanates is 1. The van der Waals surface area contributed by atoms with E-state index in [9.17, 15) is 0 Å².